The summed E-state index contributed by atoms with van der Waals surface area (Å²) in [5.74, 6) is 1.20. The van der Waals surface area contributed by atoms with E-state index >= 15 is 0 Å². The lowest BCUT2D eigenvalue weighted by Gasteiger charge is -2.28. The smallest absolute Gasteiger partial charge is 0.0619 e. The van der Waals surface area contributed by atoms with Crippen molar-refractivity contribution in [1.82, 2.24) is 5.32 Å². The highest BCUT2D eigenvalue weighted by molar-refractivity contribution is 5.27. The molecule has 0 aromatic heterocycles. The van der Waals surface area contributed by atoms with Crippen LogP contribution in [0.2, 0.25) is 0 Å². The topological polar surface area (TPSA) is 21.3 Å². The van der Waals surface area contributed by atoms with Crippen LogP contribution < -0.4 is 5.32 Å². The summed E-state index contributed by atoms with van der Waals surface area (Å²) >= 11 is 0. The van der Waals surface area contributed by atoms with Gasteiger partial charge in [0.25, 0.3) is 0 Å². The van der Waals surface area contributed by atoms with Crippen LogP contribution in [0.15, 0.2) is 24.3 Å². The Kier molecular flexibility index (Phi) is 5.62. The third-order valence-electron chi connectivity index (χ3n) is 4.48. The summed E-state index contributed by atoms with van der Waals surface area (Å²) in [6, 6.07) is 9.58. The lowest BCUT2D eigenvalue weighted by Crippen LogP contribution is -2.32. The molecule has 1 aromatic rings. The quantitative estimate of drug-likeness (QED) is 0.837. The first-order valence-electron chi connectivity index (χ1n) is 8.12. The molecule has 0 radical (unpaired) electrons. The Hall–Kier alpha value is -0.860. The van der Waals surface area contributed by atoms with E-state index in [2.05, 4.69) is 57.3 Å². The van der Waals surface area contributed by atoms with Crippen molar-refractivity contribution >= 4 is 0 Å². The van der Waals surface area contributed by atoms with Crippen molar-refractivity contribution in [1.29, 1.82) is 0 Å². The standard InChI is InChI=1S/C18H29NO/c1-5-17-16(11-12-20-17)18(19-6-2)15-9-7-14(8-10-15)13(3)4/h7-10,13,16-19H,5-6,11-12H2,1-4H3. The van der Waals surface area contributed by atoms with Gasteiger partial charge in [-0.1, -0.05) is 52.0 Å². The maximum atomic E-state index is 5.89. The largest absolute Gasteiger partial charge is 0.378 e. The molecule has 0 saturated carbocycles. The fourth-order valence-corrected chi connectivity index (χ4v) is 3.29. The fraction of sp³-hybridized carbons (Fsp3) is 0.667. The van der Waals surface area contributed by atoms with Gasteiger partial charge in [-0.2, -0.15) is 0 Å². The first-order chi connectivity index (χ1) is 9.67. The van der Waals surface area contributed by atoms with Crippen LogP contribution in [-0.4, -0.2) is 19.3 Å². The third-order valence-corrected chi connectivity index (χ3v) is 4.48. The summed E-state index contributed by atoms with van der Waals surface area (Å²) in [4.78, 5) is 0. The van der Waals surface area contributed by atoms with Gasteiger partial charge in [0.1, 0.15) is 0 Å². The fourth-order valence-electron chi connectivity index (χ4n) is 3.29. The molecule has 0 spiro atoms. The molecule has 1 aromatic carbocycles. The first-order valence-corrected chi connectivity index (χ1v) is 8.12. The molecule has 1 heterocycles. The number of hydrogen-bond donors (Lipinski definition) is 1. The average Bonchev–Trinajstić information content (AvgIpc) is 2.93. The molecule has 2 nitrogen and oxygen atoms in total. The minimum atomic E-state index is 0.406. The number of benzene rings is 1. The highest BCUT2D eigenvalue weighted by atomic mass is 16.5. The van der Waals surface area contributed by atoms with Crippen molar-refractivity contribution in [2.75, 3.05) is 13.2 Å². The van der Waals surface area contributed by atoms with Crippen molar-refractivity contribution in [2.24, 2.45) is 5.92 Å². The van der Waals surface area contributed by atoms with Gasteiger partial charge in [0, 0.05) is 18.6 Å². The lowest BCUT2D eigenvalue weighted by atomic mass is 9.86. The SMILES string of the molecule is CCNC(c1ccc(C(C)C)cc1)C1CCOC1CC. The Labute approximate surface area is 123 Å². The maximum absolute atomic E-state index is 5.89. The van der Waals surface area contributed by atoms with Gasteiger partial charge < -0.3 is 10.1 Å². The monoisotopic (exact) mass is 275 g/mol. The highest BCUT2D eigenvalue weighted by Crippen LogP contribution is 2.35. The molecule has 2 heteroatoms. The lowest BCUT2D eigenvalue weighted by molar-refractivity contribution is 0.0776. The van der Waals surface area contributed by atoms with Crippen molar-refractivity contribution in [3.63, 3.8) is 0 Å². The van der Waals surface area contributed by atoms with Gasteiger partial charge in [0.2, 0.25) is 0 Å². The number of rotatable bonds is 6. The molecule has 2 rings (SSSR count). The molecule has 1 N–H and O–H groups in total. The van der Waals surface area contributed by atoms with E-state index < -0.39 is 0 Å². The predicted octanol–water partition coefficient (Wildman–Crippen LogP) is 4.28. The van der Waals surface area contributed by atoms with Gasteiger partial charge in [-0.05, 0) is 36.4 Å². The van der Waals surface area contributed by atoms with Crippen molar-refractivity contribution < 1.29 is 4.74 Å². The molecule has 20 heavy (non-hydrogen) atoms. The van der Waals surface area contributed by atoms with Gasteiger partial charge in [0.05, 0.1) is 6.10 Å². The van der Waals surface area contributed by atoms with E-state index in [4.69, 9.17) is 4.74 Å². The van der Waals surface area contributed by atoms with E-state index in [1.165, 1.54) is 17.5 Å². The molecule has 112 valence electrons. The molecule has 1 saturated heterocycles. The molecule has 0 aliphatic carbocycles. The molecule has 3 atom stereocenters. The Balaban J connectivity index is 2.19. The minimum absolute atomic E-state index is 0.406. The Morgan fingerprint density at radius 3 is 2.35 bits per heavy atom. The van der Waals surface area contributed by atoms with E-state index in [9.17, 15) is 0 Å². The van der Waals surface area contributed by atoms with E-state index in [-0.39, 0.29) is 0 Å². The first kappa shape index (κ1) is 15.5. The van der Waals surface area contributed by atoms with E-state index in [0.29, 0.717) is 24.0 Å². The minimum Gasteiger partial charge on any atom is -0.378 e. The Morgan fingerprint density at radius 2 is 1.80 bits per heavy atom. The average molecular weight is 275 g/mol. The summed E-state index contributed by atoms with van der Waals surface area (Å²) in [7, 11) is 0. The summed E-state index contributed by atoms with van der Waals surface area (Å²) in [6.07, 6.45) is 2.68. The Morgan fingerprint density at radius 1 is 1.15 bits per heavy atom. The van der Waals surface area contributed by atoms with Gasteiger partial charge in [0.15, 0.2) is 0 Å². The molecule has 0 bridgehead atoms. The normalized spacial score (nSPS) is 24.2. The van der Waals surface area contributed by atoms with Gasteiger partial charge in [-0.15, -0.1) is 0 Å². The highest BCUT2D eigenvalue weighted by Gasteiger charge is 2.33. The van der Waals surface area contributed by atoms with Gasteiger partial charge >= 0.3 is 0 Å². The van der Waals surface area contributed by atoms with Crippen LogP contribution in [0.1, 0.15) is 63.6 Å². The second-order valence-electron chi connectivity index (χ2n) is 6.13. The van der Waals surface area contributed by atoms with E-state index in [1.807, 2.05) is 0 Å². The van der Waals surface area contributed by atoms with E-state index in [1.54, 1.807) is 0 Å². The van der Waals surface area contributed by atoms with Crippen LogP contribution in [0.3, 0.4) is 0 Å². The van der Waals surface area contributed by atoms with Crippen molar-refractivity contribution in [3.05, 3.63) is 35.4 Å². The summed E-state index contributed by atoms with van der Waals surface area (Å²) in [5.41, 5.74) is 2.82. The predicted molar refractivity (Wildman–Crippen MR) is 85.1 cm³/mol. The number of ether oxygens (including phenoxy) is 1. The Bertz CT molecular complexity index is 398. The van der Waals surface area contributed by atoms with Crippen LogP contribution >= 0.6 is 0 Å². The van der Waals surface area contributed by atoms with E-state index in [0.717, 1.165) is 19.6 Å². The molecule has 1 aliphatic rings. The van der Waals surface area contributed by atoms with Crippen molar-refractivity contribution in [3.8, 4) is 0 Å². The summed E-state index contributed by atoms with van der Waals surface area (Å²) in [5, 5.41) is 3.67. The van der Waals surface area contributed by atoms with Crippen LogP contribution in [0.4, 0.5) is 0 Å². The van der Waals surface area contributed by atoms with Gasteiger partial charge in [-0.3, -0.25) is 0 Å². The van der Waals surface area contributed by atoms with Crippen LogP contribution in [0, 0.1) is 5.92 Å². The second-order valence-corrected chi connectivity index (χ2v) is 6.13. The molecule has 1 fully saturated rings. The third kappa shape index (κ3) is 3.42. The maximum Gasteiger partial charge on any atom is 0.0619 e. The zero-order chi connectivity index (χ0) is 14.5. The number of nitrogens with one attached hydrogen (secondary N) is 1. The summed E-state index contributed by atoms with van der Waals surface area (Å²) in [6.45, 7) is 10.8. The molecular weight excluding hydrogens is 246 g/mol. The van der Waals surface area contributed by atoms with Gasteiger partial charge in [-0.25, -0.2) is 0 Å². The second kappa shape index (κ2) is 7.24. The summed E-state index contributed by atoms with van der Waals surface area (Å²) < 4.78 is 5.89. The zero-order valence-electron chi connectivity index (χ0n) is 13.4. The number of hydrogen-bond acceptors (Lipinski definition) is 2. The van der Waals surface area contributed by atoms with Crippen molar-refractivity contribution in [2.45, 2.75) is 58.6 Å². The van der Waals surface area contributed by atoms with Crippen LogP contribution in [0.25, 0.3) is 0 Å². The van der Waals surface area contributed by atoms with Crippen LogP contribution in [0.5, 0.6) is 0 Å². The molecular formula is C18H29NO. The zero-order valence-corrected chi connectivity index (χ0v) is 13.4. The molecule has 1 aliphatic heterocycles. The van der Waals surface area contributed by atoms with Crippen LogP contribution in [-0.2, 0) is 4.74 Å². The molecule has 3 unspecified atom stereocenters. The molecule has 0 amide bonds.